The van der Waals surface area contributed by atoms with E-state index in [-0.39, 0.29) is 18.3 Å². The molecule has 0 unspecified atom stereocenters. The van der Waals surface area contributed by atoms with Crippen LogP contribution in [-0.2, 0) is 4.79 Å². The summed E-state index contributed by atoms with van der Waals surface area (Å²) in [6.07, 6.45) is 0. The minimum atomic E-state index is -0.181. The smallest absolute Gasteiger partial charge is 0.264 e. The molecule has 0 bridgehead atoms. The summed E-state index contributed by atoms with van der Waals surface area (Å²) >= 11 is 0. The van der Waals surface area contributed by atoms with E-state index < -0.39 is 0 Å². The molecule has 4 heteroatoms. The number of benzene rings is 2. The molecule has 0 aliphatic carbocycles. The Morgan fingerprint density at radius 3 is 2.29 bits per heavy atom. The van der Waals surface area contributed by atoms with E-state index in [1.54, 1.807) is 31.3 Å². The third-order valence-electron chi connectivity index (χ3n) is 3.14. The monoisotopic (exact) mass is 283 g/mol. The molecular formula is C17H17NO3. The van der Waals surface area contributed by atoms with Gasteiger partial charge in [0, 0.05) is 12.7 Å². The van der Waals surface area contributed by atoms with Gasteiger partial charge in [-0.3, -0.25) is 9.59 Å². The van der Waals surface area contributed by atoms with E-state index in [2.05, 4.69) is 0 Å². The van der Waals surface area contributed by atoms with Crippen LogP contribution in [0.15, 0.2) is 54.6 Å². The average molecular weight is 283 g/mol. The molecule has 2 rings (SSSR count). The first-order valence-corrected chi connectivity index (χ1v) is 6.64. The molecule has 108 valence electrons. The molecule has 0 spiro atoms. The standard InChI is InChI=1S/C17H17NO3/c1-13(19)15-10-6-7-11-16(15)21-12-17(20)18(2)14-8-4-3-5-9-14/h3-11H,12H2,1-2H3. The van der Waals surface area contributed by atoms with E-state index in [0.717, 1.165) is 5.69 Å². The summed E-state index contributed by atoms with van der Waals surface area (Å²) in [5.74, 6) is 0.161. The van der Waals surface area contributed by atoms with Gasteiger partial charge < -0.3 is 9.64 Å². The maximum absolute atomic E-state index is 12.1. The number of carbonyl (C=O) groups is 2. The summed E-state index contributed by atoms with van der Waals surface area (Å²) in [5, 5.41) is 0. The van der Waals surface area contributed by atoms with Gasteiger partial charge in [-0.05, 0) is 31.2 Å². The SMILES string of the molecule is CC(=O)c1ccccc1OCC(=O)N(C)c1ccccc1. The van der Waals surface area contributed by atoms with Crippen molar-refractivity contribution in [2.75, 3.05) is 18.6 Å². The van der Waals surface area contributed by atoms with Crippen LogP contribution < -0.4 is 9.64 Å². The van der Waals surface area contributed by atoms with Crippen molar-refractivity contribution in [2.45, 2.75) is 6.92 Å². The van der Waals surface area contributed by atoms with E-state index in [4.69, 9.17) is 4.74 Å². The van der Waals surface area contributed by atoms with E-state index in [1.165, 1.54) is 11.8 Å². The van der Waals surface area contributed by atoms with Crippen molar-refractivity contribution >= 4 is 17.4 Å². The molecule has 0 N–H and O–H groups in total. The Labute approximate surface area is 124 Å². The molecular weight excluding hydrogens is 266 g/mol. The van der Waals surface area contributed by atoms with Crippen molar-refractivity contribution in [3.63, 3.8) is 0 Å². The molecule has 2 aromatic carbocycles. The molecule has 0 aromatic heterocycles. The summed E-state index contributed by atoms with van der Waals surface area (Å²) in [6.45, 7) is 1.36. The lowest BCUT2D eigenvalue weighted by atomic mass is 10.1. The Morgan fingerprint density at radius 2 is 1.62 bits per heavy atom. The number of para-hydroxylation sites is 2. The molecule has 0 aliphatic rings. The van der Waals surface area contributed by atoms with Crippen LogP contribution in [0.1, 0.15) is 17.3 Å². The molecule has 0 aliphatic heterocycles. The van der Waals surface area contributed by atoms with Crippen molar-refractivity contribution in [3.8, 4) is 5.75 Å². The van der Waals surface area contributed by atoms with Crippen LogP contribution in [0, 0.1) is 0 Å². The van der Waals surface area contributed by atoms with Crippen LogP contribution in [0.4, 0.5) is 5.69 Å². The highest BCUT2D eigenvalue weighted by Gasteiger charge is 2.13. The van der Waals surface area contributed by atoms with E-state index in [0.29, 0.717) is 11.3 Å². The first-order valence-electron chi connectivity index (χ1n) is 6.64. The summed E-state index contributed by atoms with van der Waals surface area (Å²) in [5.41, 5.74) is 1.28. The Kier molecular flexibility index (Phi) is 4.72. The molecule has 0 radical (unpaired) electrons. The highest BCUT2D eigenvalue weighted by Crippen LogP contribution is 2.19. The van der Waals surface area contributed by atoms with Gasteiger partial charge in [-0.15, -0.1) is 0 Å². The minimum absolute atomic E-state index is 0.0885. The third kappa shape index (κ3) is 3.69. The number of hydrogen-bond donors (Lipinski definition) is 0. The Bertz CT molecular complexity index is 637. The molecule has 0 saturated carbocycles. The average Bonchev–Trinajstić information content (AvgIpc) is 2.52. The van der Waals surface area contributed by atoms with Gasteiger partial charge in [-0.1, -0.05) is 30.3 Å². The normalized spacial score (nSPS) is 10.0. The number of rotatable bonds is 5. The molecule has 1 amide bonds. The lowest BCUT2D eigenvalue weighted by molar-refractivity contribution is -0.120. The fourth-order valence-electron chi connectivity index (χ4n) is 1.92. The fraction of sp³-hybridized carbons (Fsp3) is 0.176. The molecule has 2 aromatic rings. The summed E-state index contributed by atoms with van der Waals surface area (Å²) < 4.78 is 5.49. The summed E-state index contributed by atoms with van der Waals surface area (Å²) in [6, 6.07) is 16.2. The van der Waals surface area contributed by atoms with Crippen LogP contribution in [0.5, 0.6) is 5.75 Å². The number of ether oxygens (including phenoxy) is 1. The zero-order chi connectivity index (χ0) is 15.2. The van der Waals surface area contributed by atoms with E-state index in [9.17, 15) is 9.59 Å². The van der Waals surface area contributed by atoms with Gasteiger partial charge in [0.25, 0.3) is 5.91 Å². The van der Waals surface area contributed by atoms with Crippen molar-refractivity contribution in [1.29, 1.82) is 0 Å². The van der Waals surface area contributed by atoms with Gasteiger partial charge in [0.15, 0.2) is 12.4 Å². The Balaban J connectivity index is 2.03. The zero-order valence-corrected chi connectivity index (χ0v) is 12.1. The molecule has 0 heterocycles. The van der Waals surface area contributed by atoms with Crippen LogP contribution in [0.2, 0.25) is 0 Å². The molecule has 0 saturated heterocycles. The largest absolute Gasteiger partial charge is 0.483 e. The van der Waals surface area contributed by atoms with E-state index >= 15 is 0 Å². The van der Waals surface area contributed by atoms with Crippen molar-refractivity contribution in [1.82, 2.24) is 0 Å². The van der Waals surface area contributed by atoms with Gasteiger partial charge in [0.1, 0.15) is 5.75 Å². The third-order valence-corrected chi connectivity index (χ3v) is 3.14. The molecule has 4 nitrogen and oxygen atoms in total. The van der Waals surface area contributed by atoms with Crippen LogP contribution in [0.3, 0.4) is 0 Å². The number of Topliss-reactive ketones (excluding diaryl/α,β-unsaturated/α-hetero) is 1. The number of anilines is 1. The van der Waals surface area contributed by atoms with Crippen molar-refractivity contribution < 1.29 is 14.3 Å². The number of hydrogen-bond acceptors (Lipinski definition) is 3. The first-order chi connectivity index (χ1) is 10.1. The second-order valence-corrected chi connectivity index (χ2v) is 4.63. The number of amides is 1. The Hall–Kier alpha value is -2.62. The highest BCUT2D eigenvalue weighted by atomic mass is 16.5. The van der Waals surface area contributed by atoms with Gasteiger partial charge >= 0.3 is 0 Å². The van der Waals surface area contributed by atoms with Gasteiger partial charge in [-0.25, -0.2) is 0 Å². The first kappa shape index (κ1) is 14.8. The van der Waals surface area contributed by atoms with Crippen LogP contribution >= 0.6 is 0 Å². The highest BCUT2D eigenvalue weighted by molar-refractivity contribution is 5.97. The van der Waals surface area contributed by atoms with Crippen LogP contribution in [-0.4, -0.2) is 25.3 Å². The number of carbonyl (C=O) groups excluding carboxylic acids is 2. The summed E-state index contributed by atoms with van der Waals surface area (Å²) in [4.78, 5) is 25.1. The predicted octanol–water partition coefficient (Wildman–Crippen LogP) is 2.93. The molecule has 21 heavy (non-hydrogen) atoms. The van der Waals surface area contributed by atoms with Crippen molar-refractivity contribution in [2.24, 2.45) is 0 Å². The predicted molar refractivity (Wildman–Crippen MR) is 81.8 cm³/mol. The van der Waals surface area contributed by atoms with Gasteiger partial charge in [0.05, 0.1) is 5.56 Å². The maximum atomic E-state index is 12.1. The minimum Gasteiger partial charge on any atom is -0.483 e. The number of nitrogens with zero attached hydrogens (tertiary/aromatic N) is 1. The van der Waals surface area contributed by atoms with E-state index in [1.807, 2.05) is 30.3 Å². The maximum Gasteiger partial charge on any atom is 0.264 e. The molecule has 0 fully saturated rings. The number of likely N-dealkylation sites (N-methyl/N-ethyl adjacent to an activating group) is 1. The lowest BCUT2D eigenvalue weighted by Crippen LogP contribution is -2.31. The number of ketones is 1. The van der Waals surface area contributed by atoms with Gasteiger partial charge in [0.2, 0.25) is 0 Å². The quantitative estimate of drug-likeness (QED) is 0.793. The second-order valence-electron chi connectivity index (χ2n) is 4.63. The molecule has 0 atom stereocenters. The topological polar surface area (TPSA) is 46.6 Å². The fourth-order valence-corrected chi connectivity index (χ4v) is 1.92. The second kappa shape index (κ2) is 6.70. The lowest BCUT2D eigenvalue weighted by Gasteiger charge is -2.18. The zero-order valence-electron chi connectivity index (χ0n) is 12.1. The van der Waals surface area contributed by atoms with Gasteiger partial charge in [-0.2, -0.15) is 0 Å². The summed E-state index contributed by atoms with van der Waals surface area (Å²) in [7, 11) is 1.69. The Morgan fingerprint density at radius 1 is 1.00 bits per heavy atom. The van der Waals surface area contributed by atoms with Crippen LogP contribution in [0.25, 0.3) is 0 Å². The van der Waals surface area contributed by atoms with Crippen molar-refractivity contribution in [3.05, 3.63) is 60.2 Å².